The summed E-state index contributed by atoms with van der Waals surface area (Å²) in [6.45, 7) is 6.68. The van der Waals surface area contributed by atoms with Gasteiger partial charge >= 0.3 is 0 Å². The Morgan fingerprint density at radius 1 is 1.26 bits per heavy atom. The molecule has 1 aliphatic carbocycles. The molecular weight excluding hydrogens is 292 g/mol. The van der Waals surface area contributed by atoms with Crippen LogP contribution in [-0.4, -0.2) is 32.1 Å². The van der Waals surface area contributed by atoms with Crippen LogP contribution in [0.3, 0.4) is 0 Å². The van der Waals surface area contributed by atoms with Crippen LogP contribution in [0.25, 0.3) is 0 Å². The van der Waals surface area contributed by atoms with Crippen molar-refractivity contribution in [3.63, 3.8) is 0 Å². The Kier molecular flexibility index (Phi) is 3.28. The molecule has 0 N–H and O–H groups in total. The summed E-state index contributed by atoms with van der Waals surface area (Å²) in [5.41, 5.74) is 3.09. The van der Waals surface area contributed by atoms with Crippen molar-refractivity contribution in [1.29, 1.82) is 0 Å². The number of aryl methyl sites for hydroxylation is 2. The van der Waals surface area contributed by atoms with Crippen LogP contribution >= 0.6 is 0 Å². The molecule has 2 aliphatic rings. The average molecular weight is 314 g/mol. The Bertz CT molecular complexity index is 757. The van der Waals surface area contributed by atoms with Crippen LogP contribution in [0.5, 0.6) is 0 Å². The monoisotopic (exact) mass is 314 g/mol. The smallest absolute Gasteiger partial charge is 0.256 e. The number of hydrogen-bond donors (Lipinski definition) is 0. The van der Waals surface area contributed by atoms with Gasteiger partial charge in [-0.1, -0.05) is 5.16 Å². The largest absolute Gasteiger partial charge is 0.345 e. The molecule has 1 saturated heterocycles. The number of likely N-dealkylation sites (tertiary alicyclic amines) is 1. The molecule has 3 heterocycles. The van der Waals surface area contributed by atoms with E-state index in [4.69, 9.17) is 4.52 Å². The molecule has 1 aliphatic heterocycles. The first kappa shape index (κ1) is 14.5. The Morgan fingerprint density at radius 3 is 2.70 bits per heavy atom. The Balaban J connectivity index is 1.64. The van der Waals surface area contributed by atoms with Gasteiger partial charge in [0, 0.05) is 30.9 Å². The van der Waals surface area contributed by atoms with E-state index in [0.29, 0.717) is 17.8 Å². The summed E-state index contributed by atoms with van der Waals surface area (Å²) in [5, 5.41) is 4.02. The highest BCUT2D eigenvalue weighted by molar-refractivity contribution is 5.96. The first-order chi connectivity index (χ1) is 11.1. The maximum Gasteiger partial charge on any atom is 0.256 e. The SMILES string of the molecule is Cc1nc([C@H]2CCCN2C(=O)c2cc(C)n(C3CC3)c2C)no1. The third kappa shape index (κ3) is 2.36. The van der Waals surface area contributed by atoms with E-state index in [1.54, 1.807) is 6.92 Å². The Hall–Kier alpha value is -2.11. The number of nitrogens with zero attached hydrogens (tertiary/aromatic N) is 4. The fourth-order valence-corrected chi connectivity index (χ4v) is 3.77. The maximum atomic E-state index is 13.1. The van der Waals surface area contributed by atoms with Crippen LogP contribution in [0, 0.1) is 20.8 Å². The molecule has 6 heteroatoms. The van der Waals surface area contributed by atoms with Crippen LogP contribution in [0.4, 0.5) is 0 Å². The predicted octanol–water partition coefficient (Wildman–Crippen LogP) is 3.11. The Morgan fingerprint density at radius 2 is 2.04 bits per heavy atom. The number of carbonyl (C=O) groups excluding carboxylic acids is 1. The van der Waals surface area contributed by atoms with E-state index in [9.17, 15) is 4.79 Å². The van der Waals surface area contributed by atoms with Crippen molar-refractivity contribution in [3.05, 3.63) is 34.7 Å². The quantitative estimate of drug-likeness (QED) is 0.873. The molecule has 2 fully saturated rings. The van der Waals surface area contributed by atoms with E-state index in [2.05, 4.69) is 28.6 Å². The second-order valence-electron chi connectivity index (χ2n) is 6.71. The third-order valence-electron chi connectivity index (χ3n) is 4.98. The minimum absolute atomic E-state index is 0.0658. The molecule has 6 nitrogen and oxygen atoms in total. The van der Waals surface area contributed by atoms with Gasteiger partial charge in [-0.15, -0.1) is 0 Å². The minimum Gasteiger partial charge on any atom is -0.345 e. The first-order valence-electron chi connectivity index (χ1n) is 8.36. The van der Waals surface area contributed by atoms with Crippen molar-refractivity contribution in [3.8, 4) is 0 Å². The topological polar surface area (TPSA) is 64.2 Å². The highest BCUT2D eigenvalue weighted by atomic mass is 16.5. The molecule has 23 heavy (non-hydrogen) atoms. The lowest BCUT2D eigenvalue weighted by atomic mass is 10.1. The van der Waals surface area contributed by atoms with Crippen LogP contribution in [-0.2, 0) is 0 Å². The summed E-state index contributed by atoms with van der Waals surface area (Å²) >= 11 is 0. The van der Waals surface area contributed by atoms with Crippen molar-refractivity contribution >= 4 is 5.91 Å². The lowest BCUT2D eigenvalue weighted by Crippen LogP contribution is -2.31. The Labute approximate surface area is 135 Å². The van der Waals surface area contributed by atoms with Gasteiger partial charge in [0.15, 0.2) is 5.82 Å². The van der Waals surface area contributed by atoms with Crippen LogP contribution in [0.2, 0.25) is 0 Å². The van der Waals surface area contributed by atoms with E-state index in [0.717, 1.165) is 30.6 Å². The third-order valence-corrected chi connectivity index (χ3v) is 4.98. The number of hydrogen-bond acceptors (Lipinski definition) is 4. The van der Waals surface area contributed by atoms with Crippen molar-refractivity contribution in [2.24, 2.45) is 0 Å². The highest BCUT2D eigenvalue weighted by Gasteiger charge is 2.36. The van der Waals surface area contributed by atoms with Crippen molar-refractivity contribution in [2.45, 2.75) is 58.5 Å². The lowest BCUT2D eigenvalue weighted by molar-refractivity contribution is 0.0727. The number of carbonyl (C=O) groups is 1. The average Bonchev–Trinajstić information content (AvgIpc) is 2.96. The summed E-state index contributed by atoms with van der Waals surface area (Å²) < 4.78 is 7.41. The summed E-state index contributed by atoms with van der Waals surface area (Å²) in [5.74, 6) is 1.27. The van der Waals surface area contributed by atoms with Gasteiger partial charge in [0.1, 0.15) is 0 Å². The van der Waals surface area contributed by atoms with Gasteiger partial charge < -0.3 is 14.0 Å². The molecule has 1 atom stereocenters. The predicted molar refractivity (Wildman–Crippen MR) is 84.2 cm³/mol. The minimum atomic E-state index is -0.0658. The van der Waals surface area contributed by atoms with E-state index < -0.39 is 0 Å². The molecule has 0 aromatic carbocycles. The van der Waals surface area contributed by atoms with Gasteiger partial charge in [0.25, 0.3) is 5.91 Å². The van der Waals surface area contributed by atoms with Crippen molar-refractivity contribution in [1.82, 2.24) is 19.6 Å². The van der Waals surface area contributed by atoms with E-state index >= 15 is 0 Å². The molecule has 2 aromatic rings. The number of amides is 1. The standard InChI is InChI=1S/C17H22N4O2/c1-10-9-14(11(2)21(10)13-6-7-13)17(22)20-8-4-5-15(20)16-18-12(3)23-19-16/h9,13,15H,4-8H2,1-3H3/t15-/m1/s1. The number of aromatic nitrogens is 3. The fourth-order valence-electron chi connectivity index (χ4n) is 3.77. The lowest BCUT2D eigenvalue weighted by Gasteiger charge is -2.22. The van der Waals surface area contributed by atoms with Gasteiger partial charge in [0.05, 0.1) is 11.6 Å². The molecule has 0 spiro atoms. The van der Waals surface area contributed by atoms with Crippen molar-refractivity contribution in [2.75, 3.05) is 6.54 Å². The molecule has 0 radical (unpaired) electrons. The maximum absolute atomic E-state index is 13.1. The van der Waals surface area contributed by atoms with Gasteiger partial charge in [0.2, 0.25) is 5.89 Å². The van der Waals surface area contributed by atoms with E-state index in [-0.39, 0.29) is 11.9 Å². The molecule has 0 unspecified atom stereocenters. The van der Waals surface area contributed by atoms with E-state index in [1.807, 2.05) is 11.0 Å². The molecule has 4 rings (SSSR count). The summed E-state index contributed by atoms with van der Waals surface area (Å²) in [4.78, 5) is 19.3. The second kappa shape index (κ2) is 5.22. The zero-order chi connectivity index (χ0) is 16.1. The molecule has 2 aromatic heterocycles. The highest BCUT2D eigenvalue weighted by Crippen LogP contribution is 2.39. The van der Waals surface area contributed by atoms with Gasteiger partial charge in [-0.25, -0.2) is 0 Å². The molecule has 1 amide bonds. The molecule has 1 saturated carbocycles. The van der Waals surface area contributed by atoms with Gasteiger partial charge in [-0.05, 0) is 45.6 Å². The van der Waals surface area contributed by atoms with Gasteiger partial charge in [-0.2, -0.15) is 4.98 Å². The second-order valence-corrected chi connectivity index (χ2v) is 6.71. The normalized spacial score (nSPS) is 21.2. The van der Waals surface area contributed by atoms with Crippen LogP contribution in [0.1, 0.15) is 71.2 Å². The number of rotatable bonds is 3. The molecule has 0 bridgehead atoms. The van der Waals surface area contributed by atoms with Gasteiger partial charge in [-0.3, -0.25) is 4.79 Å². The summed E-state index contributed by atoms with van der Waals surface area (Å²) in [7, 11) is 0. The summed E-state index contributed by atoms with van der Waals surface area (Å²) in [6, 6.07) is 2.56. The van der Waals surface area contributed by atoms with Crippen LogP contribution < -0.4 is 0 Å². The molecule has 122 valence electrons. The first-order valence-corrected chi connectivity index (χ1v) is 8.36. The summed E-state index contributed by atoms with van der Waals surface area (Å²) in [6.07, 6.45) is 4.31. The van der Waals surface area contributed by atoms with Crippen molar-refractivity contribution < 1.29 is 9.32 Å². The fraction of sp³-hybridized carbons (Fsp3) is 0.588. The van der Waals surface area contributed by atoms with Crippen LogP contribution in [0.15, 0.2) is 10.6 Å². The zero-order valence-corrected chi connectivity index (χ0v) is 13.9. The van der Waals surface area contributed by atoms with E-state index in [1.165, 1.54) is 18.5 Å². The zero-order valence-electron chi connectivity index (χ0n) is 13.9. The molecular formula is C17H22N4O2.